The second kappa shape index (κ2) is 10.7. The summed E-state index contributed by atoms with van der Waals surface area (Å²) >= 11 is 0. The van der Waals surface area contributed by atoms with Crippen molar-refractivity contribution < 1.29 is 31.1 Å². The average Bonchev–Trinajstić information content (AvgIpc) is 3.03. The molecule has 0 spiro atoms. The number of sulfonamides is 1. The van der Waals surface area contributed by atoms with Gasteiger partial charge in [-0.05, 0) is 30.2 Å². The van der Waals surface area contributed by atoms with E-state index >= 15 is 0 Å². The first-order chi connectivity index (χ1) is 16.0. The zero-order valence-electron chi connectivity index (χ0n) is 19.1. The van der Waals surface area contributed by atoms with E-state index < -0.39 is 28.7 Å². The van der Waals surface area contributed by atoms with Gasteiger partial charge in [-0.25, -0.2) is 8.42 Å². The molecule has 0 saturated carbocycles. The zero-order valence-corrected chi connectivity index (χ0v) is 19.9. The molecule has 7 nitrogen and oxygen atoms in total. The summed E-state index contributed by atoms with van der Waals surface area (Å²) < 4.78 is 71.2. The zero-order chi connectivity index (χ0) is 24.9. The van der Waals surface area contributed by atoms with Crippen LogP contribution in [-0.2, 0) is 16.6 Å². The highest BCUT2D eigenvalue weighted by Gasteiger charge is 2.32. The van der Waals surface area contributed by atoms with E-state index in [1.54, 1.807) is 0 Å². The number of nitrogens with zero attached hydrogens (tertiary/aromatic N) is 3. The van der Waals surface area contributed by atoms with Crippen molar-refractivity contribution in [1.82, 2.24) is 14.1 Å². The summed E-state index contributed by atoms with van der Waals surface area (Å²) in [7, 11) is -1.21. The number of amides is 1. The van der Waals surface area contributed by atoms with Gasteiger partial charge < -0.3 is 9.64 Å². The molecule has 1 aliphatic rings. The van der Waals surface area contributed by atoms with Gasteiger partial charge in [-0.1, -0.05) is 30.3 Å². The van der Waals surface area contributed by atoms with Gasteiger partial charge in [-0.3, -0.25) is 9.69 Å². The topological polar surface area (TPSA) is 70.2 Å². The first-order valence-corrected chi connectivity index (χ1v) is 12.2. The number of alkyl halides is 3. The molecule has 34 heavy (non-hydrogen) atoms. The van der Waals surface area contributed by atoms with Crippen LogP contribution in [0.25, 0.3) is 0 Å². The van der Waals surface area contributed by atoms with E-state index in [1.807, 2.05) is 30.3 Å². The Kier molecular flexibility index (Phi) is 8.21. The van der Waals surface area contributed by atoms with Crippen molar-refractivity contribution in [3.8, 4) is 5.75 Å². The fourth-order valence-corrected chi connectivity index (χ4v) is 5.21. The van der Waals surface area contributed by atoms with Gasteiger partial charge >= 0.3 is 6.18 Å². The van der Waals surface area contributed by atoms with E-state index in [2.05, 4.69) is 0 Å². The van der Waals surface area contributed by atoms with Crippen LogP contribution in [0.1, 0.15) is 22.3 Å². The van der Waals surface area contributed by atoms with E-state index in [0.717, 1.165) is 5.56 Å². The molecule has 0 aromatic heterocycles. The van der Waals surface area contributed by atoms with Crippen molar-refractivity contribution in [2.45, 2.75) is 24.0 Å². The minimum absolute atomic E-state index is 0.0897. The number of methoxy groups -OCH3 is 1. The van der Waals surface area contributed by atoms with E-state index in [-0.39, 0.29) is 48.9 Å². The van der Waals surface area contributed by atoms with Crippen LogP contribution in [0.5, 0.6) is 5.75 Å². The Labute approximate surface area is 197 Å². The average molecular weight is 500 g/mol. The number of halogens is 3. The van der Waals surface area contributed by atoms with Crippen LogP contribution < -0.4 is 4.74 Å². The molecular weight excluding hydrogens is 471 g/mol. The molecule has 0 N–H and O–H groups in total. The number of carbonyl (C=O) groups is 1. The molecule has 0 radical (unpaired) electrons. The summed E-state index contributed by atoms with van der Waals surface area (Å²) in [5.41, 5.74) is 0.935. The number of rotatable bonds is 7. The Bertz CT molecular complexity index is 1090. The molecule has 1 fully saturated rings. The number of hydrogen-bond donors (Lipinski definition) is 0. The van der Waals surface area contributed by atoms with Crippen molar-refractivity contribution >= 4 is 15.9 Å². The minimum atomic E-state index is -4.30. The minimum Gasteiger partial charge on any atom is -0.495 e. The number of benzene rings is 2. The van der Waals surface area contributed by atoms with Crippen molar-refractivity contribution in [2.75, 3.05) is 46.9 Å². The van der Waals surface area contributed by atoms with Gasteiger partial charge in [0, 0.05) is 45.3 Å². The van der Waals surface area contributed by atoms with Gasteiger partial charge in [0.1, 0.15) is 10.6 Å². The molecule has 0 unspecified atom stereocenters. The van der Waals surface area contributed by atoms with Crippen molar-refractivity contribution in [1.29, 1.82) is 0 Å². The second-order valence-electron chi connectivity index (χ2n) is 8.15. The molecule has 2 aromatic carbocycles. The van der Waals surface area contributed by atoms with E-state index in [4.69, 9.17) is 4.74 Å². The van der Waals surface area contributed by atoms with Gasteiger partial charge in [0.05, 0.1) is 13.7 Å². The van der Waals surface area contributed by atoms with Crippen LogP contribution in [0, 0.1) is 0 Å². The quantitative estimate of drug-likeness (QED) is 0.585. The number of hydrogen-bond acceptors (Lipinski definition) is 5. The lowest BCUT2D eigenvalue weighted by molar-refractivity contribution is -0.145. The predicted octanol–water partition coefficient (Wildman–Crippen LogP) is 3.23. The van der Waals surface area contributed by atoms with Crippen LogP contribution in [0.4, 0.5) is 13.2 Å². The second-order valence-corrected chi connectivity index (χ2v) is 10.2. The fraction of sp³-hybridized carbons (Fsp3) is 0.435. The molecule has 3 rings (SSSR count). The number of ether oxygens (including phenoxy) is 1. The highest BCUT2D eigenvalue weighted by atomic mass is 32.2. The lowest BCUT2D eigenvalue weighted by atomic mass is 10.2. The van der Waals surface area contributed by atoms with Crippen LogP contribution >= 0.6 is 0 Å². The summed E-state index contributed by atoms with van der Waals surface area (Å²) in [6, 6.07) is 13.2. The molecule has 1 saturated heterocycles. The summed E-state index contributed by atoms with van der Waals surface area (Å²) in [6.45, 7) is -0.159. The van der Waals surface area contributed by atoms with Crippen molar-refractivity contribution in [3.63, 3.8) is 0 Å². The summed E-state index contributed by atoms with van der Waals surface area (Å²) in [5, 5.41) is 0. The summed E-state index contributed by atoms with van der Waals surface area (Å²) in [4.78, 5) is 15.7. The maximum atomic E-state index is 13.3. The highest BCUT2D eigenvalue weighted by molar-refractivity contribution is 7.89. The summed E-state index contributed by atoms with van der Waals surface area (Å²) in [6.07, 6.45) is -3.91. The molecule has 0 aliphatic carbocycles. The first-order valence-electron chi connectivity index (χ1n) is 10.8. The smallest absolute Gasteiger partial charge is 0.401 e. The molecule has 0 atom stereocenters. The first kappa shape index (κ1) is 26.0. The lowest BCUT2D eigenvalue weighted by Gasteiger charge is -2.23. The Morgan fingerprint density at radius 3 is 2.41 bits per heavy atom. The van der Waals surface area contributed by atoms with Gasteiger partial charge in [-0.15, -0.1) is 0 Å². The summed E-state index contributed by atoms with van der Waals surface area (Å²) in [5.74, 6) is -0.331. The standard InChI is InChI=1S/C23H28F3N3O4S/c1-27(16-18-7-4-3-5-8-18)34(31,32)21-15-19(9-10-20(21)33-2)22(30)29-12-6-11-28(13-14-29)17-23(24,25)26/h3-5,7-10,15H,6,11-14,16-17H2,1-2H3. The van der Waals surface area contributed by atoms with E-state index in [1.165, 1.54) is 46.5 Å². The molecule has 1 aliphatic heterocycles. The van der Waals surface area contributed by atoms with Crippen LogP contribution in [0.2, 0.25) is 0 Å². The van der Waals surface area contributed by atoms with Crippen molar-refractivity contribution in [3.05, 3.63) is 59.7 Å². The van der Waals surface area contributed by atoms with Gasteiger partial charge in [0.15, 0.2) is 0 Å². The third kappa shape index (κ3) is 6.49. The molecule has 2 aromatic rings. The maximum Gasteiger partial charge on any atom is 0.401 e. The van der Waals surface area contributed by atoms with Gasteiger partial charge in [0.25, 0.3) is 5.91 Å². The Morgan fingerprint density at radius 2 is 1.76 bits per heavy atom. The predicted molar refractivity (Wildman–Crippen MR) is 121 cm³/mol. The largest absolute Gasteiger partial charge is 0.495 e. The Balaban J connectivity index is 1.81. The van der Waals surface area contributed by atoms with Crippen molar-refractivity contribution in [2.24, 2.45) is 0 Å². The van der Waals surface area contributed by atoms with Crippen LogP contribution in [0.3, 0.4) is 0 Å². The maximum absolute atomic E-state index is 13.3. The molecule has 0 bridgehead atoms. The number of carbonyl (C=O) groups excluding carboxylic acids is 1. The molecule has 186 valence electrons. The lowest BCUT2D eigenvalue weighted by Crippen LogP contribution is -2.38. The van der Waals surface area contributed by atoms with Crippen LogP contribution in [0.15, 0.2) is 53.4 Å². The molecular formula is C23H28F3N3O4S. The third-order valence-corrected chi connectivity index (χ3v) is 7.45. The normalized spacial score (nSPS) is 15.9. The van der Waals surface area contributed by atoms with Crippen LogP contribution in [-0.4, -0.2) is 81.5 Å². The van der Waals surface area contributed by atoms with E-state index in [0.29, 0.717) is 6.42 Å². The Hall–Kier alpha value is -2.63. The van der Waals surface area contributed by atoms with Gasteiger partial charge in [0.2, 0.25) is 10.0 Å². The highest BCUT2D eigenvalue weighted by Crippen LogP contribution is 2.29. The molecule has 1 heterocycles. The third-order valence-electron chi connectivity index (χ3n) is 5.63. The Morgan fingerprint density at radius 1 is 1.06 bits per heavy atom. The van der Waals surface area contributed by atoms with Gasteiger partial charge in [-0.2, -0.15) is 17.5 Å². The molecule has 11 heteroatoms. The molecule has 1 amide bonds. The SMILES string of the molecule is COc1ccc(C(=O)N2CCCN(CC(F)(F)F)CC2)cc1S(=O)(=O)N(C)Cc1ccccc1. The fourth-order valence-electron chi connectivity index (χ4n) is 3.87. The van der Waals surface area contributed by atoms with E-state index in [9.17, 15) is 26.4 Å². The monoisotopic (exact) mass is 499 g/mol.